The fourth-order valence-corrected chi connectivity index (χ4v) is 2.48. The van der Waals surface area contributed by atoms with Crippen molar-refractivity contribution in [3.05, 3.63) is 34.9 Å². The predicted molar refractivity (Wildman–Crippen MR) is 65.0 cm³/mol. The third-order valence-corrected chi connectivity index (χ3v) is 3.28. The standard InChI is InChI=1S/C14H19F2N/c1-14(2,3)13-10(15)7-9(8-11(13)16)12-5-4-6-17-12/h7-8,12,17H,4-6H2,1-3H3. The van der Waals surface area contributed by atoms with E-state index in [9.17, 15) is 8.78 Å². The summed E-state index contributed by atoms with van der Waals surface area (Å²) in [6.45, 7) is 6.39. The molecule has 1 aliphatic heterocycles. The Balaban J connectivity index is 2.41. The third-order valence-electron chi connectivity index (χ3n) is 3.28. The van der Waals surface area contributed by atoms with E-state index in [0.717, 1.165) is 24.9 Å². The summed E-state index contributed by atoms with van der Waals surface area (Å²) in [6, 6.07) is 3.06. The monoisotopic (exact) mass is 239 g/mol. The summed E-state index contributed by atoms with van der Waals surface area (Å²) >= 11 is 0. The molecule has 0 amide bonds. The highest BCUT2D eigenvalue weighted by Crippen LogP contribution is 2.32. The molecule has 1 nitrogen and oxygen atoms in total. The lowest BCUT2D eigenvalue weighted by atomic mass is 9.85. The Morgan fingerprint density at radius 3 is 2.18 bits per heavy atom. The molecule has 1 N–H and O–H groups in total. The Kier molecular flexibility index (Phi) is 3.21. The molecule has 17 heavy (non-hydrogen) atoms. The van der Waals surface area contributed by atoms with Crippen molar-refractivity contribution < 1.29 is 8.78 Å². The maximum Gasteiger partial charge on any atom is 0.130 e. The van der Waals surface area contributed by atoms with Gasteiger partial charge < -0.3 is 5.32 Å². The molecule has 0 aliphatic carbocycles. The van der Waals surface area contributed by atoms with Crippen molar-refractivity contribution >= 4 is 0 Å². The molecule has 0 saturated carbocycles. The minimum atomic E-state index is -0.504. The zero-order valence-corrected chi connectivity index (χ0v) is 10.6. The van der Waals surface area contributed by atoms with Gasteiger partial charge in [-0.25, -0.2) is 8.78 Å². The summed E-state index contributed by atoms with van der Waals surface area (Å²) in [7, 11) is 0. The lowest BCUT2D eigenvalue weighted by Crippen LogP contribution is -2.19. The topological polar surface area (TPSA) is 12.0 Å². The van der Waals surface area contributed by atoms with Crippen molar-refractivity contribution in [2.45, 2.75) is 45.1 Å². The van der Waals surface area contributed by atoms with Gasteiger partial charge in [-0.3, -0.25) is 0 Å². The predicted octanol–water partition coefficient (Wildman–Crippen LogP) is 3.69. The molecule has 1 saturated heterocycles. The van der Waals surface area contributed by atoms with Crippen LogP contribution in [0.3, 0.4) is 0 Å². The second-order valence-corrected chi connectivity index (χ2v) is 5.76. The number of nitrogens with one attached hydrogen (secondary N) is 1. The summed E-state index contributed by atoms with van der Waals surface area (Å²) in [5.41, 5.74) is 0.403. The van der Waals surface area contributed by atoms with Gasteiger partial charge in [0.05, 0.1) is 0 Å². The molecule has 1 aliphatic rings. The first-order valence-electron chi connectivity index (χ1n) is 6.12. The van der Waals surface area contributed by atoms with Gasteiger partial charge in [0, 0.05) is 11.6 Å². The Morgan fingerprint density at radius 1 is 1.18 bits per heavy atom. The Hall–Kier alpha value is -0.960. The second kappa shape index (κ2) is 4.37. The molecule has 3 heteroatoms. The first kappa shape index (κ1) is 12.5. The van der Waals surface area contributed by atoms with Crippen molar-refractivity contribution in [3.63, 3.8) is 0 Å². The summed E-state index contributed by atoms with van der Waals surface area (Å²) in [5.74, 6) is -0.859. The van der Waals surface area contributed by atoms with Gasteiger partial charge in [0.15, 0.2) is 0 Å². The highest BCUT2D eigenvalue weighted by molar-refractivity contribution is 5.33. The number of halogens is 2. The maximum absolute atomic E-state index is 14.0. The van der Waals surface area contributed by atoms with E-state index in [-0.39, 0.29) is 11.6 Å². The van der Waals surface area contributed by atoms with E-state index in [1.165, 1.54) is 12.1 Å². The first-order valence-corrected chi connectivity index (χ1v) is 6.12. The van der Waals surface area contributed by atoms with Gasteiger partial charge in [-0.15, -0.1) is 0 Å². The zero-order valence-electron chi connectivity index (χ0n) is 10.6. The lowest BCUT2D eigenvalue weighted by molar-refractivity contribution is 0.470. The lowest BCUT2D eigenvalue weighted by Gasteiger charge is -2.22. The highest BCUT2D eigenvalue weighted by atomic mass is 19.1. The quantitative estimate of drug-likeness (QED) is 0.788. The van der Waals surface area contributed by atoms with Crippen molar-refractivity contribution in [3.8, 4) is 0 Å². The normalized spacial score (nSPS) is 20.9. The molecule has 1 aromatic rings. The van der Waals surface area contributed by atoms with Crippen LogP contribution in [0.25, 0.3) is 0 Å². The van der Waals surface area contributed by atoms with Crippen LogP contribution in [0.5, 0.6) is 0 Å². The van der Waals surface area contributed by atoms with Gasteiger partial charge in [0.2, 0.25) is 0 Å². The van der Waals surface area contributed by atoms with E-state index < -0.39 is 17.0 Å². The van der Waals surface area contributed by atoms with E-state index >= 15 is 0 Å². The number of benzene rings is 1. The van der Waals surface area contributed by atoms with Crippen molar-refractivity contribution in [1.29, 1.82) is 0 Å². The van der Waals surface area contributed by atoms with Crippen LogP contribution in [0.2, 0.25) is 0 Å². The van der Waals surface area contributed by atoms with Gasteiger partial charge in [0.25, 0.3) is 0 Å². The van der Waals surface area contributed by atoms with E-state index in [4.69, 9.17) is 0 Å². The number of rotatable bonds is 1. The molecule has 0 aromatic heterocycles. The van der Waals surface area contributed by atoms with Gasteiger partial charge in [0.1, 0.15) is 11.6 Å². The molecule has 1 heterocycles. The van der Waals surface area contributed by atoms with Crippen LogP contribution in [0.1, 0.15) is 50.8 Å². The van der Waals surface area contributed by atoms with Crippen LogP contribution < -0.4 is 5.32 Å². The summed E-state index contributed by atoms with van der Waals surface area (Å²) in [6.07, 6.45) is 2.02. The van der Waals surface area contributed by atoms with Crippen LogP contribution in [0, 0.1) is 11.6 Å². The van der Waals surface area contributed by atoms with Crippen molar-refractivity contribution in [2.75, 3.05) is 6.54 Å². The van der Waals surface area contributed by atoms with Crippen LogP contribution in [0.15, 0.2) is 12.1 Å². The minimum absolute atomic E-state index is 0.105. The minimum Gasteiger partial charge on any atom is -0.310 e. The highest BCUT2D eigenvalue weighted by Gasteiger charge is 2.26. The van der Waals surface area contributed by atoms with Gasteiger partial charge in [-0.1, -0.05) is 20.8 Å². The second-order valence-electron chi connectivity index (χ2n) is 5.76. The van der Waals surface area contributed by atoms with Crippen molar-refractivity contribution in [2.24, 2.45) is 0 Å². The maximum atomic E-state index is 14.0. The Bertz CT molecular complexity index is 392. The van der Waals surface area contributed by atoms with Crippen LogP contribution >= 0.6 is 0 Å². The zero-order chi connectivity index (χ0) is 12.6. The van der Waals surface area contributed by atoms with Crippen LogP contribution in [-0.2, 0) is 5.41 Å². The van der Waals surface area contributed by atoms with Crippen LogP contribution in [-0.4, -0.2) is 6.54 Å². The molecule has 0 bridgehead atoms. The molecule has 1 unspecified atom stereocenters. The molecular weight excluding hydrogens is 220 g/mol. The van der Waals surface area contributed by atoms with Gasteiger partial charge in [-0.05, 0) is 42.5 Å². The summed E-state index contributed by atoms with van der Waals surface area (Å²) in [5, 5.41) is 3.25. The Labute approximate surface area is 101 Å². The van der Waals surface area contributed by atoms with E-state index in [2.05, 4.69) is 5.32 Å². The molecule has 1 fully saturated rings. The van der Waals surface area contributed by atoms with Crippen molar-refractivity contribution in [1.82, 2.24) is 5.32 Å². The smallest absolute Gasteiger partial charge is 0.130 e. The van der Waals surface area contributed by atoms with Gasteiger partial charge in [-0.2, -0.15) is 0 Å². The number of hydrogen-bond acceptors (Lipinski definition) is 1. The number of hydrogen-bond donors (Lipinski definition) is 1. The largest absolute Gasteiger partial charge is 0.310 e. The van der Waals surface area contributed by atoms with Gasteiger partial charge >= 0.3 is 0 Å². The molecule has 1 atom stereocenters. The van der Waals surface area contributed by atoms with E-state index in [1.54, 1.807) is 0 Å². The molecule has 0 spiro atoms. The molecule has 1 aromatic carbocycles. The summed E-state index contributed by atoms with van der Waals surface area (Å²) in [4.78, 5) is 0. The average Bonchev–Trinajstić information content (AvgIpc) is 2.66. The van der Waals surface area contributed by atoms with Crippen LogP contribution in [0.4, 0.5) is 8.78 Å². The fraction of sp³-hybridized carbons (Fsp3) is 0.571. The fourth-order valence-electron chi connectivity index (χ4n) is 2.48. The first-order chi connectivity index (χ1) is 7.89. The average molecular weight is 239 g/mol. The SMILES string of the molecule is CC(C)(C)c1c(F)cc(C2CCCN2)cc1F. The van der Waals surface area contributed by atoms with E-state index in [1.807, 2.05) is 20.8 Å². The molecule has 94 valence electrons. The molecule has 0 radical (unpaired) electrons. The van der Waals surface area contributed by atoms with E-state index in [0.29, 0.717) is 0 Å². The molecular formula is C14H19F2N. The Morgan fingerprint density at radius 2 is 1.76 bits per heavy atom. The molecule has 2 rings (SSSR count). The third kappa shape index (κ3) is 2.49. The summed E-state index contributed by atoms with van der Waals surface area (Å²) < 4.78 is 28.0.